The maximum atomic E-state index is 12.0. The lowest BCUT2D eigenvalue weighted by atomic mass is 10.1. The van der Waals surface area contributed by atoms with Crippen LogP contribution >= 0.6 is 0 Å². The molecule has 0 atom stereocenters. The minimum absolute atomic E-state index is 0.251. The van der Waals surface area contributed by atoms with Gasteiger partial charge in [0.2, 0.25) is 5.90 Å². The predicted molar refractivity (Wildman–Crippen MR) is 91.2 cm³/mol. The normalized spacial score (nSPS) is 15.2. The Kier molecular flexibility index (Phi) is 4.61. The van der Waals surface area contributed by atoms with E-state index in [0.29, 0.717) is 24.0 Å². The number of ether oxygens (including phenoxy) is 3. The minimum atomic E-state index is -0.470. The molecule has 3 rings (SSSR count). The molecule has 122 valence electrons. The summed E-state index contributed by atoms with van der Waals surface area (Å²) in [6.07, 6.45) is 1.67. The van der Waals surface area contributed by atoms with E-state index < -0.39 is 5.97 Å². The van der Waals surface area contributed by atoms with Crippen LogP contribution in [0, 0.1) is 0 Å². The van der Waals surface area contributed by atoms with E-state index in [1.165, 1.54) is 0 Å². The number of nitrogens with zero attached hydrogens (tertiary/aromatic N) is 1. The second-order valence-corrected chi connectivity index (χ2v) is 5.05. The molecular formula is C19H17NO4. The van der Waals surface area contributed by atoms with E-state index in [1.54, 1.807) is 25.3 Å². The van der Waals surface area contributed by atoms with Crippen LogP contribution in [0.25, 0.3) is 6.08 Å². The van der Waals surface area contributed by atoms with Gasteiger partial charge in [0.15, 0.2) is 17.2 Å². The molecule has 0 N–H and O–H groups in total. The van der Waals surface area contributed by atoms with E-state index in [4.69, 9.17) is 14.2 Å². The number of carbonyl (C=O) groups excluding carboxylic acids is 1. The van der Waals surface area contributed by atoms with Gasteiger partial charge < -0.3 is 14.2 Å². The first-order valence-electron chi connectivity index (χ1n) is 7.60. The average Bonchev–Trinajstić information content (AvgIpc) is 2.97. The number of hydrogen-bond donors (Lipinski definition) is 0. The zero-order chi connectivity index (χ0) is 16.9. The molecule has 0 bridgehead atoms. The van der Waals surface area contributed by atoms with Crippen molar-refractivity contribution in [2.45, 2.75) is 6.92 Å². The van der Waals surface area contributed by atoms with Crippen molar-refractivity contribution >= 4 is 17.9 Å². The first-order chi connectivity index (χ1) is 11.7. The van der Waals surface area contributed by atoms with Crippen molar-refractivity contribution in [2.75, 3.05) is 13.7 Å². The topological polar surface area (TPSA) is 57.1 Å². The summed E-state index contributed by atoms with van der Waals surface area (Å²) in [6.45, 7) is 2.42. The Morgan fingerprint density at radius 2 is 1.92 bits per heavy atom. The van der Waals surface area contributed by atoms with Gasteiger partial charge in [-0.25, -0.2) is 9.79 Å². The number of hydrogen-bond acceptors (Lipinski definition) is 5. The highest BCUT2D eigenvalue weighted by Gasteiger charge is 2.24. The van der Waals surface area contributed by atoms with Gasteiger partial charge in [-0.1, -0.05) is 24.3 Å². The van der Waals surface area contributed by atoms with Crippen molar-refractivity contribution in [1.82, 2.24) is 0 Å². The molecule has 1 aliphatic heterocycles. The summed E-state index contributed by atoms with van der Waals surface area (Å²) in [6, 6.07) is 14.7. The lowest BCUT2D eigenvalue weighted by Crippen LogP contribution is -2.04. The Morgan fingerprint density at radius 3 is 2.62 bits per heavy atom. The van der Waals surface area contributed by atoms with Gasteiger partial charge in [-0.2, -0.15) is 0 Å². The summed E-state index contributed by atoms with van der Waals surface area (Å²) < 4.78 is 16.0. The van der Waals surface area contributed by atoms with Crippen molar-refractivity contribution in [3.8, 4) is 11.5 Å². The van der Waals surface area contributed by atoms with E-state index in [-0.39, 0.29) is 5.70 Å². The fraction of sp³-hybridized carbons (Fsp3) is 0.158. The molecule has 2 aromatic rings. The second kappa shape index (κ2) is 7.00. The minimum Gasteiger partial charge on any atom is -0.493 e. The zero-order valence-corrected chi connectivity index (χ0v) is 13.5. The Hall–Kier alpha value is -3.08. The van der Waals surface area contributed by atoms with Gasteiger partial charge in [-0.3, -0.25) is 0 Å². The third-order valence-corrected chi connectivity index (χ3v) is 3.43. The lowest BCUT2D eigenvalue weighted by molar-refractivity contribution is -0.129. The molecule has 0 spiro atoms. The SMILES string of the molecule is CCOc1cc(C=C2N=C(c3ccccc3)OC2=O)ccc1OC. The Bertz CT molecular complexity index is 809. The summed E-state index contributed by atoms with van der Waals surface area (Å²) in [7, 11) is 1.58. The van der Waals surface area contributed by atoms with Crippen LogP contribution in [0.5, 0.6) is 11.5 Å². The lowest BCUT2D eigenvalue weighted by Gasteiger charge is -2.09. The van der Waals surface area contributed by atoms with Gasteiger partial charge in [-0.15, -0.1) is 0 Å². The maximum Gasteiger partial charge on any atom is 0.363 e. The first kappa shape index (κ1) is 15.8. The highest BCUT2D eigenvalue weighted by molar-refractivity contribution is 6.12. The summed E-state index contributed by atoms with van der Waals surface area (Å²) in [5, 5.41) is 0. The number of esters is 1. The average molecular weight is 323 g/mol. The molecule has 0 fully saturated rings. The van der Waals surface area contributed by atoms with Crippen molar-refractivity contribution in [2.24, 2.45) is 4.99 Å². The fourth-order valence-corrected chi connectivity index (χ4v) is 2.32. The van der Waals surface area contributed by atoms with Crippen LogP contribution < -0.4 is 9.47 Å². The Balaban J connectivity index is 1.92. The maximum absolute atomic E-state index is 12.0. The molecule has 0 aliphatic carbocycles. The molecule has 0 unspecified atom stereocenters. The number of carbonyl (C=O) groups is 1. The van der Waals surface area contributed by atoms with Crippen LogP contribution in [-0.2, 0) is 9.53 Å². The van der Waals surface area contributed by atoms with Gasteiger partial charge in [-0.05, 0) is 42.8 Å². The van der Waals surface area contributed by atoms with Crippen molar-refractivity contribution in [3.05, 3.63) is 65.4 Å². The number of benzene rings is 2. The summed E-state index contributed by atoms with van der Waals surface area (Å²) in [5.41, 5.74) is 1.80. The van der Waals surface area contributed by atoms with Crippen molar-refractivity contribution in [1.29, 1.82) is 0 Å². The van der Waals surface area contributed by atoms with Gasteiger partial charge in [0.05, 0.1) is 13.7 Å². The third-order valence-electron chi connectivity index (χ3n) is 3.43. The molecule has 0 aromatic heterocycles. The summed E-state index contributed by atoms with van der Waals surface area (Å²) >= 11 is 0. The van der Waals surface area contributed by atoms with Crippen LogP contribution in [-0.4, -0.2) is 25.6 Å². The molecule has 0 amide bonds. The fourth-order valence-electron chi connectivity index (χ4n) is 2.32. The summed E-state index contributed by atoms with van der Waals surface area (Å²) in [5.74, 6) is 1.10. The van der Waals surface area contributed by atoms with E-state index in [9.17, 15) is 4.79 Å². The second-order valence-electron chi connectivity index (χ2n) is 5.05. The third kappa shape index (κ3) is 3.30. The molecule has 0 saturated carbocycles. The first-order valence-corrected chi connectivity index (χ1v) is 7.60. The van der Waals surface area contributed by atoms with Crippen LogP contribution in [0.15, 0.2) is 59.2 Å². The van der Waals surface area contributed by atoms with Gasteiger partial charge >= 0.3 is 5.97 Å². The van der Waals surface area contributed by atoms with Crippen molar-refractivity contribution < 1.29 is 19.0 Å². The predicted octanol–water partition coefficient (Wildman–Crippen LogP) is 3.44. The van der Waals surface area contributed by atoms with Crippen molar-refractivity contribution in [3.63, 3.8) is 0 Å². The molecular weight excluding hydrogens is 306 g/mol. The van der Waals surface area contributed by atoms with Crippen LogP contribution in [0.1, 0.15) is 18.1 Å². The quantitative estimate of drug-likeness (QED) is 0.625. The van der Waals surface area contributed by atoms with Crippen LogP contribution in [0.3, 0.4) is 0 Å². The molecule has 24 heavy (non-hydrogen) atoms. The number of rotatable bonds is 5. The molecule has 0 radical (unpaired) electrons. The van der Waals surface area contributed by atoms with E-state index >= 15 is 0 Å². The highest BCUT2D eigenvalue weighted by atomic mass is 16.6. The molecule has 0 saturated heterocycles. The van der Waals surface area contributed by atoms with Gasteiger partial charge in [0.1, 0.15) is 0 Å². The van der Waals surface area contributed by atoms with Gasteiger partial charge in [0.25, 0.3) is 0 Å². The smallest absolute Gasteiger partial charge is 0.363 e. The number of methoxy groups -OCH3 is 1. The number of cyclic esters (lactones) is 1. The van der Waals surface area contributed by atoms with E-state index in [0.717, 1.165) is 11.1 Å². The summed E-state index contributed by atoms with van der Waals surface area (Å²) in [4.78, 5) is 16.3. The molecule has 2 aromatic carbocycles. The van der Waals surface area contributed by atoms with E-state index in [2.05, 4.69) is 4.99 Å². The number of aliphatic imine (C=N–C) groups is 1. The standard InChI is InChI=1S/C19H17NO4/c1-3-23-17-12-13(9-10-16(17)22-2)11-15-19(21)24-18(20-15)14-7-5-4-6-8-14/h4-12H,3H2,1-2H3. The Labute approximate surface area is 140 Å². The van der Waals surface area contributed by atoms with Gasteiger partial charge in [0, 0.05) is 5.56 Å². The monoisotopic (exact) mass is 323 g/mol. The zero-order valence-electron chi connectivity index (χ0n) is 13.5. The Morgan fingerprint density at radius 1 is 1.12 bits per heavy atom. The molecule has 5 heteroatoms. The largest absolute Gasteiger partial charge is 0.493 e. The molecule has 1 aliphatic rings. The molecule has 1 heterocycles. The van der Waals surface area contributed by atoms with E-state index in [1.807, 2.05) is 43.3 Å². The highest BCUT2D eigenvalue weighted by Crippen LogP contribution is 2.29. The van der Waals surface area contributed by atoms with Crippen LogP contribution in [0.4, 0.5) is 0 Å². The van der Waals surface area contributed by atoms with Crippen LogP contribution in [0.2, 0.25) is 0 Å². The molecule has 5 nitrogen and oxygen atoms in total.